The maximum absolute atomic E-state index is 12.4. The summed E-state index contributed by atoms with van der Waals surface area (Å²) < 4.78 is 5.30. The summed E-state index contributed by atoms with van der Waals surface area (Å²) in [5.41, 5.74) is 1.81. The number of amides is 2. The summed E-state index contributed by atoms with van der Waals surface area (Å²) in [5.74, 6) is 0.402. The molecule has 0 saturated carbocycles. The Labute approximate surface area is 125 Å². The molecule has 0 aliphatic carbocycles. The third-order valence-corrected chi connectivity index (χ3v) is 3.90. The Bertz CT molecular complexity index is 556. The van der Waals surface area contributed by atoms with Gasteiger partial charge in [0, 0.05) is 6.04 Å². The van der Waals surface area contributed by atoms with Crippen molar-refractivity contribution in [3.8, 4) is 5.75 Å². The molecule has 1 aliphatic rings. The molecule has 0 radical (unpaired) electrons. The van der Waals surface area contributed by atoms with E-state index in [4.69, 9.17) is 4.74 Å². The summed E-state index contributed by atoms with van der Waals surface area (Å²) in [6, 6.07) is 5.14. The van der Waals surface area contributed by atoms with Gasteiger partial charge in [0.2, 0.25) is 5.91 Å². The highest BCUT2D eigenvalue weighted by Gasteiger charge is 2.40. The first-order chi connectivity index (χ1) is 9.97. The lowest BCUT2D eigenvalue weighted by atomic mass is 10.1. The van der Waals surface area contributed by atoms with Crippen LogP contribution in [0.2, 0.25) is 0 Å². The molecule has 5 nitrogen and oxygen atoms in total. The van der Waals surface area contributed by atoms with E-state index in [2.05, 4.69) is 5.32 Å². The molecule has 5 heteroatoms. The Morgan fingerprint density at radius 2 is 2.14 bits per heavy atom. The molecule has 1 aliphatic heterocycles. The monoisotopic (exact) mass is 290 g/mol. The molecular formula is C16H22N2O3. The number of hydrogen-bond donors (Lipinski definition) is 1. The topological polar surface area (TPSA) is 58.6 Å². The second-order valence-corrected chi connectivity index (χ2v) is 5.46. The van der Waals surface area contributed by atoms with Crippen molar-refractivity contribution in [3.63, 3.8) is 0 Å². The van der Waals surface area contributed by atoms with E-state index in [1.165, 1.54) is 4.90 Å². The average molecular weight is 290 g/mol. The highest BCUT2D eigenvalue weighted by Crippen LogP contribution is 2.28. The molecule has 2 rings (SSSR count). The third-order valence-electron chi connectivity index (χ3n) is 3.90. The standard InChI is InChI=1S/C16H22N2O3/c1-5-11(3)18-15(19)9-13(16(18)20)17-12-8-10(2)6-7-14(12)21-4/h6-8,11,13,17H,5,9H2,1-4H3. The van der Waals surface area contributed by atoms with Gasteiger partial charge in [-0.3, -0.25) is 14.5 Å². The number of ether oxygens (including phenoxy) is 1. The van der Waals surface area contributed by atoms with Crippen LogP contribution in [0.25, 0.3) is 0 Å². The Morgan fingerprint density at radius 1 is 1.43 bits per heavy atom. The first-order valence-electron chi connectivity index (χ1n) is 7.25. The number of likely N-dealkylation sites (tertiary alicyclic amines) is 1. The zero-order valence-electron chi connectivity index (χ0n) is 13.0. The van der Waals surface area contributed by atoms with E-state index in [1.54, 1.807) is 7.11 Å². The largest absolute Gasteiger partial charge is 0.495 e. The van der Waals surface area contributed by atoms with Crippen LogP contribution in [0.4, 0.5) is 5.69 Å². The number of benzene rings is 1. The average Bonchev–Trinajstić information content (AvgIpc) is 2.73. The van der Waals surface area contributed by atoms with Gasteiger partial charge in [0.15, 0.2) is 0 Å². The maximum Gasteiger partial charge on any atom is 0.252 e. The summed E-state index contributed by atoms with van der Waals surface area (Å²) in [6.45, 7) is 5.83. The van der Waals surface area contributed by atoms with E-state index in [0.717, 1.165) is 17.7 Å². The van der Waals surface area contributed by atoms with Gasteiger partial charge in [0.1, 0.15) is 11.8 Å². The number of hydrogen-bond acceptors (Lipinski definition) is 4. The molecule has 1 saturated heterocycles. The molecule has 1 aromatic rings. The molecule has 0 aromatic heterocycles. The van der Waals surface area contributed by atoms with E-state index in [1.807, 2.05) is 39.0 Å². The number of imide groups is 1. The number of carbonyl (C=O) groups excluding carboxylic acids is 2. The quantitative estimate of drug-likeness (QED) is 0.846. The minimum atomic E-state index is -0.512. The molecule has 2 amide bonds. The molecular weight excluding hydrogens is 268 g/mol. The van der Waals surface area contributed by atoms with Crippen molar-refractivity contribution >= 4 is 17.5 Å². The van der Waals surface area contributed by atoms with E-state index in [-0.39, 0.29) is 24.3 Å². The SMILES string of the molecule is CCC(C)N1C(=O)CC(Nc2cc(C)ccc2OC)C1=O. The fourth-order valence-corrected chi connectivity index (χ4v) is 2.53. The van der Waals surface area contributed by atoms with Crippen LogP contribution in [0.5, 0.6) is 5.75 Å². The van der Waals surface area contributed by atoms with Gasteiger partial charge in [-0.15, -0.1) is 0 Å². The zero-order chi connectivity index (χ0) is 15.6. The molecule has 2 atom stereocenters. The summed E-state index contributed by atoms with van der Waals surface area (Å²) >= 11 is 0. The van der Waals surface area contributed by atoms with Gasteiger partial charge in [0.25, 0.3) is 5.91 Å². The van der Waals surface area contributed by atoms with Gasteiger partial charge in [-0.25, -0.2) is 0 Å². The fourth-order valence-electron chi connectivity index (χ4n) is 2.53. The van der Waals surface area contributed by atoms with Crippen LogP contribution in [0.3, 0.4) is 0 Å². The van der Waals surface area contributed by atoms with Crippen molar-refractivity contribution in [3.05, 3.63) is 23.8 Å². The van der Waals surface area contributed by atoms with Crippen molar-refractivity contribution in [1.29, 1.82) is 0 Å². The Hall–Kier alpha value is -2.04. The van der Waals surface area contributed by atoms with Crippen LogP contribution in [0.15, 0.2) is 18.2 Å². The first-order valence-corrected chi connectivity index (χ1v) is 7.25. The van der Waals surface area contributed by atoms with Gasteiger partial charge in [0.05, 0.1) is 19.2 Å². The minimum absolute atomic E-state index is 0.0591. The normalized spacial score (nSPS) is 19.8. The van der Waals surface area contributed by atoms with Gasteiger partial charge >= 0.3 is 0 Å². The van der Waals surface area contributed by atoms with Crippen molar-refractivity contribution < 1.29 is 14.3 Å². The Kier molecular flexibility index (Phi) is 4.50. The highest BCUT2D eigenvalue weighted by atomic mass is 16.5. The van der Waals surface area contributed by atoms with E-state index in [0.29, 0.717) is 5.75 Å². The summed E-state index contributed by atoms with van der Waals surface area (Å²) in [6.07, 6.45) is 0.957. The molecule has 1 aromatic carbocycles. The van der Waals surface area contributed by atoms with Gasteiger partial charge < -0.3 is 10.1 Å². The number of rotatable bonds is 5. The summed E-state index contributed by atoms with van der Waals surface area (Å²) in [5, 5.41) is 3.15. The van der Waals surface area contributed by atoms with Crippen LogP contribution in [0.1, 0.15) is 32.3 Å². The van der Waals surface area contributed by atoms with E-state index >= 15 is 0 Å². The Morgan fingerprint density at radius 3 is 2.76 bits per heavy atom. The second-order valence-electron chi connectivity index (χ2n) is 5.46. The predicted octanol–water partition coefficient (Wildman–Crippen LogP) is 2.34. The Balaban J connectivity index is 2.20. The first kappa shape index (κ1) is 15.4. The number of carbonyl (C=O) groups is 2. The molecule has 0 bridgehead atoms. The predicted molar refractivity (Wildman–Crippen MR) is 81.4 cm³/mol. The lowest BCUT2D eigenvalue weighted by Gasteiger charge is -2.22. The van der Waals surface area contributed by atoms with Crippen LogP contribution >= 0.6 is 0 Å². The van der Waals surface area contributed by atoms with Crippen LogP contribution < -0.4 is 10.1 Å². The smallest absolute Gasteiger partial charge is 0.252 e. The molecule has 114 valence electrons. The third kappa shape index (κ3) is 3.01. The molecule has 1 fully saturated rings. The fraction of sp³-hybridized carbons (Fsp3) is 0.500. The minimum Gasteiger partial charge on any atom is -0.495 e. The highest BCUT2D eigenvalue weighted by molar-refractivity contribution is 6.07. The van der Waals surface area contributed by atoms with Crippen molar-refractivity contribution in [2.75, 3.05) is 12.4 Å². The van der Waals surface area contributed by atoms with Gasteiger partial charge in [-0.2, -0.15) is 0 Å². The number of aryl methyl sites for hydroxylation is 1. The number of methoxy groups -OCH3 is 1. The molecule has 0 spiro atoms. The van der Waals surface area contributed by atoms with Crippen LogP contribution in [-0.2, 0) is 9.59 Å². The van der Waals surface area contributed by atoms with Crippen LogP contribution in [-0.4, -0.2) is 35.9 Å². The van der Waals surface area contributed by atoms with Crippen molar-refractivity contribution in [1.82, 2.24) is 4.90 Å². The lowest BCUT2D eigenvalue weighted by molar-refractivity contribution is -0.140. The molecule has 1 heterocycles. The zero-order valence-corrected chi connectivity index (χ0v) is 13.0. The lowest BCUT2D eigenvalue weighted by Crippen LogP contribution is -2.40. The van der Waals surface area contributed by atoms with Crippen molar-refractivity contribution in [2.24, 2.45) is 0 Å². The molecule has 1 N–H and O–H groups in total. The molecule has 21 heavy (non-hydrogen) atoms. The summed E-state index contributed by atoms with van der Waals surface area (Å²) in [4.78, 5) is 25.8. The van der Waals surface area contributed by atoms with Crippen LogP contribution in [0, 0.1) is 6.92 Å². The summed E-state index contributed by atoms with van der Waals surface area (Å²) in [7, 11) is 1.59. The maximum atomic E-state index is 12.4. The number of anilines is 1. The van der Waals surface area contributed by atoms with Gasteiger partial charge in [-0.1, -0.05) is 13.0 Å². The second kappa shape index (κ2) is 6.16. The molecule has 2 unspecified atom stereocenters. The number of nitrogens with one attached hydrogen (secondary N) is 1. The van der Waals surface area contributed by atoms with Crippen molar-refractivity contribution in [2.45, 2.75) is 45.7 Å². The van der Waals surface area contributed by atoms with E-state index < -0.39 is 6.04 Å². The van der Waals surface area contributed by atoms with Gasteiger partial charge in [-0.05, 0) is 38.0 Å². The number of nitrogens with zero attached hydrogens (tertiary/aromatic N) is 1. The van der Waals surface area contributed by atoms with E-state index in [9.17, 15) is 9.59 Å².